The van der Waals surface area contributed by atoms with Crippen LogP contribution in [0, 0.1) is 6.92 Å². The molecule has 1 N–H and O–H groups in total. The molecule has 0 unspecified atom stereocenters. The highest BCUT2D eigenvalue weighted by Gasteiger charge is 2.08. The fourth-order valence-electron chi connectivity index (χ4n) is 2.87. The molecule has 0 fully saturated rings. The van der Waals surface area contributed by atoms with Crippen LogP contribution in [0.3, 0.4) is 0 Å². The lowest BCUT2D eigenvalue weighted by Crippen LogP contribution is -2.09. The van der Waals surface area contributed by atoms with Crippen LogP contribution in [0.2, 0.25) is 0 Å². The highest BCUT2D eigenvalue weighted by atomic mass is 16.5. The van der Waals surface area contributed by atoms with Gasteiger partial charge in [0.05, 0.1) is 5.69 Å². The Bertz CT molecular complexity index is 1130. The second-order valence-electron chi connectivity index (χ2n) is 6.62. The van der Waals surface area contributed by atoms with Crippen molar-refractivity contribution in [3.63, 3.8) is 0 Å². The number of hydrogen-bond acceptors (Lipinski definition) is 4. The maximum absolute atomic E-state index is 12.4. The first-order valence-electron chi connectivity index (χ1n) is 9.29. The van der Waals surface area contributed by atoms with E-state index >= 15 is 0 Å². The third-order valence-corrected chi connectivity index (χ3v) is 4.32. The van der Waals surface area contributed by atoms with Gasteiger partial charge in [0.25, 0.3) is 0 Å². The van der Waals surface area contributed by atoms with Crippen LogP contribution in [0.15, 0.2) is 83.3 Å². The molecule has 0 bridgehead atoms. The van der Waals surface area contributed by atoms with E-state index in [0.29, 0.717) is 29.5 Å². The minimum Gasteiger partial charge on any atom is -0.487 e. The molecule has 0 spiro atoms. The summed E-state index contributed by atoms with van der Waals surface area (Å²) in [5.41, 5.74) is 4.15. The Balaban J connectivity index is 1.45. The van der Waals surface area contributed by atoms with Crippen molar-refractivity contribution in [3.05, 3.63) is 95.9 Å². The number of hydrogen-bond donors (Lipinski definition) is 1. The Labute approximate surface area is 168 Å². The maximum Gasteiger partial charge on any atom is 0.248 e. The van der Waals surface area contributed by atoms with Crippen LogP contribution in [0.5, 0.6) is 5.75 Å². The molecule has 0 aliphatic carbocycles. The fraction of sp³-hybridized carbons (Fsp3) is 0.0833. The zero-order valence-corrected chi connectivity index (χ0v) is 16.0. The van der Waals surface area contributed by atoms with E-state index in [2.05, 4.69) is 10.3 Å². The molecule has 0 aliphatic heterocycles. The molecule has 1 aromatic heterocycles. The predicted molar refractivity (Wildman–Crippen MR) is 114 cm³/mol. The van der Waals surface area contributed by atoms with Gasteiger partial charge in [-0.1, -0.05) is 48.5 Å². The first-order valence-corrected chi connectivity index (χ1v) is 9.29. The summed E-state index contributed by atoms with van der Waals surface area (Å²) in [6.07, 6.45) is 2.94. The van der Waals surface area contributed by atoms with Crippen molar-refractivity contribution >= 4 is 28.8 Å². The first-order chi connectivity index (χ1) is 14.2. The van der Waals surface area contributed by atoms with Gasteiger partial charge in [-0.15, -0.1) is 0 Å². The number of ether oxygens (including phenoxy) is 1. The summed E-state index contributed by atoms with van der Waals surface area (Å²) < 4.78 is 11.5. The van der Waals surface area contributed by atoms with Crippen LogP contribution in [0.1, 0.15) is 17.0 Å². The number of fused-ring (bicyclic) bond motifs is 1. The van der Waals surface area contributed by atoms with Crippen LogP contribution in [0.25, 0.3) is 17.2 Å². The number of carbonyl (C=O) groups is 1. The molecule has 0 radical (unpaired) electrons. The van der Waals surface area contributed by atoms with Gasteiger partial charge in [-0.2, -0.15) is 0 Å². The topological polar surface area (TPSA) is 64.4 Å². The van der Waals surface area contributed by atoms with Gasteiger partial charge in [-0.05, 0) is 42.3 Å². The van der Waals surface area contributed by atoms with Crippen molar-refractivity contribution in [2.45, 2.75) is 13.5 Å². The van der Waals surface area contributed by atoms with Crippen LogP contribution >= 0.6 is 0 Å². The Kier molecular flexibility index (Phi) is 5.38. The quantitative estimate of drug-likeness (QED) is 0.454. The number of aromatic nitrogens is 1. The number of oxazole rings is 1. The maximum atomic E-state index is 12.4. The third kappa shape index (κ3) is 4.71. The average Bonchev–Trinajstić information content (AvgIpc) is 3.16. The van der Waals surface area contributed by atoms with Crippen molar-refractivity contribution in [2.75, 3.05) is 5.32 Å². The van der Waals surface area contributed by atoms with Crippen LogP contribution in [-0.4, -0.2) is 10.9 Å². The van der Waals surface area contributed by atoms with Crippen molar-refractivity contribution in [2.24, 2.45) is 0 Å². The largest absolute Gasteiger partial charge is 0.487 e. The third-order valence-electron chi connectivity index (χ3n) is 4.32. The normalized spacial score (nSPS) is 11.1. The molecule has 5 nitrogen and oxygen atoms in total. The smallest absolute Gasteiger partial charge is 0.248 e. The number of amides is 1. The lowest BCUT2D eigenvalue weighted by atomic mass is 10.2. The molecular formula is C24H20N2O3. The molecule has 1 heterocycles. The van der Waals surface area contributed by atoms with Gasteiger partial charge in [-0.25, -0.2) is 4.98 Å². The SMILES string of the molecule is Cc1ccc(NC(=O)/C=C/c2nc3ccccc3o2)c(OCc2ccccc2)c1. The van der Waals surface area contributed by atoms with E-state index in [1.807, 2.05) is 79.7 Å². The standard InChI is InChI=1S/C24H20N2O3/c1-17-11-12-20(22(15-17)28-16-18-7-3-2-4-8-18)25-23(27)13-14-24-26-19-9-5-6-10-21(19)29-24/h2-15H,16H2,1H3,(H,25,27)/b14-13+. The molecule has 29 heavy (non-hydrogen) atoms. The zero-order valence-electron chi connectivity index (χ0n) is 16.0. The molecule has 4 aromatic rings. The number of nitrogens with zero attached hydrogens (tertiary/aromatic N) is 1. The summed E-state index contributed by atoms with van der Waals surface area (Å²) in [5, 5.41) is 2.86. The molecule has 3 aromatic carbocycles. The minimum atomic E-state index is -0.291. The summed E-state index contributed by atoms with van der Waals surface area (Å²) in [6, 6.07) is 23.0. The first kappa shape index (κ1) is 18.5. The number of nitrogens with one attached hydrogen (secondary N) is 1. The molecule has 0 aliphatic rings. The van der Waals surface area contributed by atoms with E-state index in [-0.39, 0.29) is 5.91 Å². The molecule has 0 saturated carbocycles. The molecule has 1 amide bonds. The van der Waals surface area contributed by atoms with E-state index in [9.17, 15) is 4.79 Å². The average molecular weight is 384 g/mol. The summed E-state index contributed by atoms with van der Waals surface area (Å²) >= 11 is 0. The van der Waals surface area contributed by atoms with Crippen LogP contribution < -0.4 is 10.1 Å². The molecule has 0 saturated heterocycles. The lowest BCUT2D eigenvalue weighted by molar-refractivity contribution is -0.111. The number of para-hydroxylation sites is 2. The number of carbonyl (C=O) groups excluding carboxylic acids is 1. The zero-order chi connectivity index (χ0) is 20.1. The van der Waals surface area contributed by atoms with Gasteiger partial charge < -0.3 is 14.5 Å². The molecule has 4 rings (SSSR count). The number of aryl methyl sites for hydroxylation is 1. The predicted octanol–water partition coefficient (Wildman–Crippen LogP) is 5.37. The van der Waals surface area contributed by atoms with E-state index in [1.54, 1.807) is 6.08 Å². The van der Waals surface area contributed by atoms with Crippen molar-refractivity contribution in [1.82, 2.24) is 4.98 Å². The fourth-order valence-corrected chi connectivity index (χ4v) is 2.87. The Morgan fingerprint density at radius 3 is 2.69 bits per heavy atom. The van der Waals surface area contributed by atoms with E-state index in [0.717, 1.165) is 16.6 Å². The van der Waals surface area contributed by atoms with Gasteiger partial charge in [0.1, 0.15) is 17.9 Å². The Morgan fingerprint density at radius 1 is 1.07 bits per heavy atom. The molecule has 0 atom stereocenters. The highest BCUT2D eigenvalue weighted by molar-refractivity contribution is 6.02. The van der Waals surface area contributed by atoms with Gasteiger partial charge >= 0.3 is 0 Å². The molecule has 144 valence electrons. The summed E-state index contributed by atoms with van der Waals surface area (Å²) in [6.45, 7) is 2.40. The summed E-state index contributed by atoms with van der Waals surface area (Å²) in [5.74, 6) is 0.712. The number of rotatable bonds is 6. The summed E-state index contributed by atoms with van der Waals surface area (Å²) in [7, 11) is 0. The van der Waals surface area contributed by atoms with Crippen molar-refractivity contribution in [3.8, 4) is 5.75 Å². The van der Waals surface area contributed by atoms with E-state index in [4.69, 9.17) is 9.15 Å². The van der Waals surface area contributed by atoms with Gasteiger partial charge in [0, 0.05) is 12.2 Å². The lowest BCUT2D eigenvalue weighted by Gasteiger charge is -2.13. The van der Waals surface area contributed by atoms with Gasteiger partial charge in [0.2, 0.25) is 11.8 Å². The van der Waals surface area contributed by atoms with Crippen LogP contribution in [0.4, 0.5) is 5.69 Å². The second kappa shape index (κ2) is 8.44. The summed E-state index contributed by atoms with van der Waals surface area (Å²) in [4.78, 5) is 16.7. The molecular weight excluding hydrogens is 364 g/mol. The Hall–Kier alpha value is -3.86. The minimum absolute atomic E-state index is 0.291. The van der Waals surface area contributed by atoms with Gasteiger partial charge in [0.15, 0.2) is 5.58 Å². The van der Waals surface area contributed by atoms with Crippen LogP contribution in [-0.2, 0) is 11.4 Å². The van der Waals surface area contributed by atoms with E-state index < -0.39 is 0 Å². The highest BCUT2D eigenvalue weighted by Crippen LogP contribution is 2.27. The van der Waals surface area contributed by atoms with Gasteiger partial charge in [-0.3, -0.25) is 4.79 Å². The van der Waals surface area contributed by atoms with Crippen molar-refractivity contribution < 1.29 is 13.9 Å². The Morgan fingerprint density at radius 2 is 1.86 bits per heavy atom. The number of benzene rings is 3. The second-order valence-corrected chi connectivity index (χ2v) is 6.62. The molecule has 5 heteroatoms. The van der Waals surface area contributed by atoms with Crippen molar-refractivity contribution in [1.29, 1.82) is 0 Å². The van der Waals surface area contributed by atoms with E-state index in [1.165, 1.54) is 6.08 Å². The number of anilines is 1. The monoisotopic (exact) mass is 384 g/mol.